The van der Waals surface area contributed by atoms with E-state index in [9.17, 15) is 13.2 Å². The number of halogens is 3. The van der Waals surface area contributed by atoms with Gasteiger partial charge in [-0.1, -0.05) is 13.3 Å². The van der Waals surface area contributed by atoms with Crippen LogP contribution in [0.25, 0.3) is 10.9 Å². The number of alkyl halides is 3. The lowest BCUT2D eigenvalue weighted by atomic mass is 10.2. The van der Waals surface area contributed by atoms with Crippen LogP contribution in [-0.4, -0.2) is 30.2 Å². The van der Waals surface area contributed by atoms with Crippen molar-refractivity contribution in [1.29, 1.82) is 0 Å². The molecule has 0 amide bonds. The molecule has 0 unspecified atom stereocenters. The lowest BCUT2D eigenvalue weighted by molar-refractivity contribution is -0.144. The molecule has 0 fully saturated rings. The molecule has 0 aliphatic heterocycles. The van der Waals surface area contributed by atoms with Gasteiger partial charge in [0.2, 0.25) is 5.82 Å². The Morgan fingerprint density at radius 1 is 1.17 bits per heavy atom. The number of benzene rings is 1. The molecule has 0 aliphatic rings. The van der Waals surface area contributed by atoms with Gasteiger partial charge in [-0.2, -0.15) is 13.2 Å². The Morgan fingerprint density at radius 2 is 1.91 bits per heavy atom. The van der Waals surface area contributed by atoms with E-state index in [4.69, 9.17) is 4.74 Å². The van der Waals surface area contributed by atoms with E-state index < -0.39 is 12.0 Å². The topological polar surface area (TPSA) is 38.2 Å². The number of nitrogens with zero attached hydrogens (tertiary/aromatic N) is 3. The van der Waals surface area contributed by atoms with Crippen LogP contribution in [0.5, 0.6) is 5.75 Å². The zero-order valence-electron chi connectivity index (χ0n) is 13.4. The normalized spacial score (nSPS) is 11.7. The molecule has 1 aromatic heterocycles. The van der Waals surface area contributed by atoms with Gasteiger partial charge in [0.05, 0.1) is 12.6 Å². The summed E-state index contributed by atoms with van der Waals surface area (Å²) >= 11 is 0. The Labute approximate surface area is 133 Å². The van der Waals surface area contributed by atoms with Gasteiger partial charge < -0.3 is 9.64 Å². The van der Waals surface area contributed by atoms with E-state index in [1.807, 2.05) is 18.7 Å². The molecule has 0 N–H and O–H groups in total. The van der Waals surface area contributed by atoms with Crippen LogP contribution in [0.3, 0.4) is 0 Å². The van der Waals surface area contributed by atoms with E-state index in [0.717, 1.165) is 12.8 Å². The number of anilines is 1. The summed E-state index contributed by atoms with van der Waals surface area (Å²) in [4.78, 5) is 9.33. The van der Waals surface area contributed by atoms with Crippen LogP contribution >= 0.6 is 0 Å². The van der Waals surface area contributed by atoms with E-state index in [-0.39, 0.29) is 5.52 Å². The molecule has 0 saturated carbocycles. The van der Waals surface area contributed by atoms with Gasteiger partial charge in [-0.3, -0.25) is 0 Å². The highest BCUT2D eigenvalue weighted by Gasteiger charge is 2.36. The molecule has 0 atom stereocenters. The number of ether oxygens (including phenoxy) is 1. The zero-order valence-corrected chi connectivity index (χ0v) is 13.4. The fourth-order valence-corrected chi connectivity index (χ4v) is 2.35. The van der Waals surface area contributed by atoms with Gasteiger partial charge in [-0.25, -0.2) is 9.97 Å². The molecule has 0 saturated heterocycles. The second-order valence-corrected chi connectivity index (χ2v) is 5.18. The lowest BCUT2D eigenvalue weighted by Gasteiger charge is -2.24. The van der Waals surface area contributed by atoms with E-state index in [0.29, 0.717) is 30.0 Å². The molecule has 2 rings (SSSR count). The summed E-state index contributed by atoms with van der Waals surface area (Å²) in [5.41, 5.74) is 0.233. The summed E-state index contributed by atoms with van der Waals surface area (Å²) in [6.07, 6.45) is -2.74. The van der Waals surface area contributed by atoms with Gasteiger partial charge in [0.25, 0.3) is 0 Å². The maximum atomic E-state index is 13.1. The van der Waals surface area contributed by atoms with Gasteiger partial charge in [0, 0.05) is 24.5 Å². The fourth-order valence-electron chi connectivity index (χ4n) is 2.35. The highest BCUT2D eigenvalue weighted by molar-refractivity contribution is 5.90. The van der Waals surface area contributed by atoms with Crippen LogP contribution < -0.4 is 9.64 Å². The second kappa shape index (κ2) is 7.02. The predicted octanol–water partition coefficient (Wildman–Crippen LogP) is 4.28. The molecule has 4 nitrogen and oxygen atoms in total. The predicted molar refractivity (Wildman–Crippen MR) is 83.9 cm³/mol. The molecular weight excluding hydrogens is 307 g/mol. The standard InChI is InChI=1S/C16H20F3N3O/c1-4-6-9-22(5-2)14-12-8-7-11(23-3)10-13(12)20-15(21-14)16(17,18)19/h7-8,10H,4-6,9H2,1-3H3. The summed E-state index contributed by atoms with van der Waals surface area (Å²) in [7, 11) is 1.47. The largest absolute Gasteiger partial charge is 0.497 e. The zero-order chi connectivity index (χ0) is 17.0. The molecule has 126 valence electrons. The molecule has 1 heterocycles. The Kier molecular flexibility index (Phi) is 5.28. The minimum absolute atomic E-state index is 0.233. The van der Waals surface area contributed by atoms with E-state index in [1.54, 1.807) is 12.1 Å². The van der Waals surface area contributed by atoms with Crippen molar-refractivity contribution in [3.05, 3.63) is 24.0 Å². The van der Waals surface area contributed by atoms with Crippen LogP contribution in [-0.2, 0) is 6.18 Å². The Morgan fingerprint density at radius 3 is 2.48 bits per heavy atom. The number of methoxy groups -OCH3 is 1. The van der Waals surface area contributed by atoms with Crippen LogP contribution in [0.15, 0.2) is 18.2 Å². The molecule has 0 aliphatic carbocycles. The second-order valence-electron chi connectivity index (χ2n) is 5.18. The van der Waals surface area contributed by atoms with Crippen molar-refractivity contribution >= 4 is 16.7 Å². The Hall–Kier alpha value is -2.05. The number of aromatic nitrogens is 2. The molecular formula is C16H20F3N3O. The third-order valence-electron chi connectivity index (χ3n) is 3.60. The molecule has 23 heavy (non-hydrogen) atoms. The molecule has 2 aromatic rings. The number of rotatable bonds is 6. The van der Waals surface area contributed by atoms with Crippen molar-refractivity contribution in [2.75, 3.05) is 25.1 Å². The highest BCUT2D eigenvalue weighted by Crippen LogP contribution is 2.33. The summed E-state index contributed by atoms with van der Waals surface area (Å²) in [5, 5.41) is 0.594. The van der Waals surface area contributed by atoms with Crippen molar-refractivity contribution in [1.82, 2.24) is 9.97 Å². The van der Waals surface area contributed by atoms with Crippen LogP contribution in [0.2, 0.25) is 0 Å². The molecule has 7 heteroatoms. The SMILES string of the molecule is CCCCN(CC)c1nc(C(F)(F)F)nc2cc(OC)ccc12. The summed E-state index contributed by atoms with van der Waals surface area (Å²) < 4.78 is 44.5. The van der Waals surface area contributed by atoms with Crippen molar-refractivity contribution < 1.29 is 17.9 Å². The molecule has 1 aromatic carbocycles. The third-order valence-corrected chi connectivity index (χ3v) is 3.60. The summed E-state index contributed by atoms with van der Waals surface area (Å²) in [6, 6.07) is 4.91. The number of unbranched alkanes of at least 4 members (excludes halogenated alkanes) is 1. The van der Waals surface area contributed by atoms with Crippen molar-refractivity contribution in [2.24, 2.45) is 0 Å². The van der Waals surface area contributed by atoms with E-state index in [1.165, 1.54) is 13.2 Å². The maximum absolute atomic E-state index is 13.1. The molecule has 0 spiro atoms. The van der Waals surface area contributed by atoms with Gasteiger partial charge in [-0.05, 0) is 25.5 Å². The van der Waals surface area contributed by atoms with Gasteiger partial charge in [0.1, 0.15) is 11.6 Å². The van der Waals surface area contributed by atoms with Gasteiger partial charge in [0.15, 0.2) is 0 Å². The minimum atomic E-state index is -4.59. The van der Waals surface area contributed by atoms with Gasteiger partial charge >= 0.3 is 6.18 Å². The first-order chi connectivity index (χ1) is 10.9. The summed E-state index contributed by atoms with van der Waals surface area (Å²) in [5.74, 6) is -0.337. The first-order valence-corrected chi connectivity index (χ1v) is 7.58. The van der Waals surface area contributed by atoms with Crippen molar-refractivity contribution in [3.8, 4) is 5.75 Å². The van der Waals surface area contributed by atoms with E-state index >= 15 is 0 Å². The third kappa shape index (κ3) is 3.83. The van der Waals surface area contributed by atoms with Crippen molar-refractivity contribution in [2.45, 2.75) is 32.9 Å². The van der Waals surface area contributed by atoms with Gasteiger partial charge in [-0.15, -0.1) is 0 Å². The number of hydrogen-bond donors (Lipinski definition) is 0. The Balaban J connectivity index is 2.64. The lowest BCUT2D eigenvalue weighted by Crippen LogP contribution is -2.26. The van der Waals surface area contributed by atoms with E-state index in [2.05, 4.69) is 9.97 Å². The average Bonchev–Trinajstić information content (AvgIpc) is 2.53. The highest BCUT2D eigenvalue weighted by atomic mass is 19.4. The number of hydrogen-bond acceptors (Lipinski definition) is 4. The molecule has 0 radical (unpaired) electrons. The average molecular weight is 327 g/mol. The first-order valence-electron chi connectivity index (χ1n) is 7.58. The number of fused-ring (bicyclic) bond motifs is 1. The van der Waals surface area contributed by atoms with Crippen LogP contribution in [0.4, 0.5) is 19.0 Å². The molecule has 0 bridgehead atoms. The Bertz CT molecular complexity index is 673. The monoisotopic (exact) mass is 327 g/mol. The quantitative estimate of drug-likeness (QED) is 0.793. The summed E-state index contributed by atoms with van der Waals surface area (Å²) in [6.45, 7) is 5.18. The van der Waals surface area contributed by atoms with Crippen molar-refractivity contribution in [3.63, 3.8) is 0 Å². The smallest absolute Gasteiger partial charge is 0.451 e. The fraction of sp³-hybridized carbons (Fsp3) is 0.500. The first kappa shape index (κ1) is 17.3. The minimum Gasteiger partial charge on any atom is -0.497 e. The van der Waals surface area contributed by atoms with Crippen LogP contribution in [0, 0.1) is 0 Å². The van der Waals surface area contributed by atoms with Crippen LogP contribution in [0.1, 0.15) is 32.5 Å². The maximum Gasteiger partial charge on any atom is 0.451 e.